The van der Waals surface area contributed by atoms with Crippen LogP contribution in [0.3, 0.4) is 0 Å². The van der Waals surface area contributed by atoms with E-state index < -0.39 is 0 Å². The molecule has 0 N–H and O–H groups in total. The maximum absolute atomic E-state index is 5.40. The Balaban J connectivity index is 1.89. The van der Waals surface area contributed by atoms with Crippen molar-refractivity contribution in [2.24, 2.45) is 0 Å². The Kier molecular flexibility index (Phi) is 5.66. The summed E-state index contributed by atoms with van der Waals surface area (Å²) in [5.41, 5.74) is 3.99. The number of benzene rings is 2. The van der Waals surface area contributed by atoms with Gasteiger partial charge in [-0.05, 0) is 43.4 Å². The normalized spacial score (nSPS) is 12.2. The topological polar surface area (TPSA) is 9.23 Å². The summed E-state index contributed by atoms with van der Waals surface area (Å²) >= 11 is 3.79. The van der Waals surface area contributed by atoms with Crippen molar-refractivity contribution in [2.75, 3.05) is 7.11 Å². The molecule has 0 aliphatic carbocycles. The van der Waals surface area contributed by atoms with Crippen LogP contribution < -0.4 is 4.74 Å². The van der Waals surface area contributed by atoms with Crippen LogP contribution in [-0.2, 0) is 12.8 Å². The quantitative estimate of drug-likeness (QED) is 0.680. The summed E-state index contributed by atoms with van der Waals surface area (Å²) < 4.78 is 5.40. The van der Waals surface area contributed by atoms with E-state index in [9.17, 15) is 0 Å². The molecule has 2 rings (SSSR count). The summed E-state index contributed by atoms with van der Waals surface area (Å²) in [6.45, 7) is 2.12. The highest BCUT2D eigenvalue weighted by atomic mass is 79.9. The Morgan fingerprint density at radius 2 is 1.75 bits per heavy atom. The number of rotatable bonds is 6. The second kappa shape index (κ2) is 7.49. The molecule has 0 spiro atoms. The molecule has 2 aromatic carbocycles. The number of hydrogen-bond donors (Lipinski definition) is 0. The first-order valence-corrected chi connectivity index (χ1v) is 7.92. The van der Waals surface area contributed by atoms with Crippen LogP contribution in [0.2, 0.25) is 0 Å². The largest absolute Gasteiger partial charge is 0.496 e. The van der Waals surface area contributed by atoms with Crippen molar-refractivity contribution in [2.45, 2.75) is 31.0 Å². The first-order valence-electron chi connectivity index (χ1n) is 7.00. The summed E-state index contributed by atoms with van der Waals surface area (Å²) in [5, 5.41) is 0. The smallest absolute Gasteiger partial charge is 0.122 e. The number of para-hydroxylation sites is 1. The second-order valence-corrected chi connectivity index (χ2v) is 6.43. The zero-order valence-corrected chi connectivity index (χ0v) is 13.7. The lowest BCUT2D eigenvalue weighted by molar-refractivity contribution is 0.409. The van der Waals surface area contributed by atoms with E-state index in [2.05, 4.69) is 59.3 Å². The molecule has 0 amide bonds. The van der Waals surface area contributed by atoms with Gasteiger partial charge in [0.15, 0.2) is 0 Å². The van der Waals surface area contributed by atoms with Crippen molar-refractivity contribution < 1.29 is 4.74 Å². The summed E-state index contributed by atoms with van der Waals surface area (Å²) in [5.74, 6) is 0.979. The molecular formula is C18H21BrO. The standard InChI is InChI=1S/C18H21BrO/c1-14-7-9-15(10-8-14)11-12-17(19)13-16-5-3-4-6-18(16)20-2/h3-10,17H,11-13H2,1-2H3. The fourth-order valence-electron chi connectivity index (χ4n) is 2.29. The Morgan fingerprint density at radius 1 is 1.05 bits per heavy atom. The molecule has 20 heavy (non-hydrogen) atoms. The van der Waals surface area contributed by atoms with Crippen molar-refractivity contribution in [1.29, 1.82) is 0 Å². The molecule has 106 valence electrons. The van der Waals surface area contributed by atoms with Gasteiger partial charge in [-0.15, -0.1) is 0 Å². The van der Waals surface area contributed by atoms with Gasteiger partial charge in [-0.3, -0.25) is 0 Å². The molecule has 0 saturated heterocycles. The van der Waals surface area contributed by atoms with Gasteiger partial charge < -0.3 is 4.74 Å². The summed E-state index contributed by atoms with van der Waals surface area (Å²) in [6.07, 6.45) is 3.22. The van der Waals surface area contributed by atoms with Crippen LogP contribution >= 0.6 is 15.9 Å². The predicted molar refractivity (Wildman–Crippen MR) is 88.9 cm³/mol. The van der Waals surface area contributed by atoms with Crippen LogP contribution in [0.5, 0.6) is 5.75 Å². The van der Waals surface area contributed by atoms with Gasteiger partial charge in [0.2, 0.25) is 0 Å². The Morgan fingerprint density at radius 3 is 2.45 bits per heavy atom. The van der Waals surface area contributed by atoms with Gasteiger partial charge in [0.25, 0.3) is 0 Å². The number of halogens is 1. The number of aryl methyl sites for hydroxylation is 2. The maximum Gasteiger partial charge on any atom is 0.122 e. The van der Waals surface area contributed by atoms with E-state index in [4.69, 9.17) is 4.74 Å². The van der Waals surface area contributed by atoms with Gasteiger partial charge in [0, 0.05) is 4.83 Å². The van der Waals surface area contributed by atoms with Crippen molar-refractivity contribution >= 4 is 15.9 Å². The van der Waals surface area contributed by atoms with Crippen molar-refractivity contribution in [3.63, 3.8) is 0 Å². The van der Waals surface area contributed by atoms with E-state index in [0.29, 0.717) is 4.83 Å². The molecule has 1 nitrogen and oxygen atoms in total. The van der Waals surface area contributed by atoms with Crippen molar-refractivity contribution in [1.82, 2.24) is 0 Å². The van der Waals surface area contributed by atoms with E-state index in [0.717, 1.165) is 25.0 Å². The van der Waals surface area contributed by atoms with E-state index >= 15 is 0 Å². The summed E-state index contributed by atoms with van der Waals surface area (Å²) in [4.78, 5) is 0.472. The minimum absolute atomic E-state index is 0.472. The number of methoxy groups -OCH3 is 1. The van der Waals surface area contributed by atoms with Crippen LogP contribution in [0.15, 0.2) is 48.5 Å². The fourth-order valence-corrected chi connectivity index (χ4v) is 2.87. The molecule has 0 saturated carbocycles. The van der Waals surface area contributed by atoms with E-state index in [1.165, 1.54) is 16.7 Å². The molecule has 0 heterocycles. The van der Waals surface area contributed by atoms with Crippen LogP contribution in [0.25, 0.3) is 0 Å². The molecule has 0 bridgehead atoms. The molecule has 1 unspecified atom stereocenters. The van der Waals surface area contributed by atoms with Gasteiger partial charge in [-0.2, -0.15) is 0 Å². The third-order valence-electron chi connectivity index (χ3n) is 3.50. The number of alkyl halides is 1. The molecular weight excluding hydrogens is 312 g/mol. The molecule has 0 fully saturated rings. The Labute approximate surface area is 130 Å². The van der Waals surface area contributed by atoms with Gasteiger partial charge in [-0.25, -0.2) is 0 Å². The maximum atomic E-state index is 5.40. The minimum atomic E-state index is 0.472. The monoisotopic (exact) mass is 332 g/mol. The van der Waals surface area contributed by atoms with E-state index in [1.54, 1.807) is 7.11 Å². The second-order valence-electron chi connectivity index (χ2n) is 5.14. The van der Waals surface area contributed by atoms with Gasteiger partial charge >= 0.3 is 0 Å². The van der Waals surface area contributed by atoms with Crippen LogP contribution in [0.1, 0.15) is 23.1 Å². The van der Waals surface area contributed by atoms with Crippen molar-refractivity contribution in [3.05, 3.63) is 65.2 Å². The number of ether oxygens (including phenoxy) is 1. The Hall–Kier alpha value is -1.28. The third-order valence-corrected chi connectivity index (χ3v) is 4.28. The zero-order valence-electron chi connectivity index (χ0n) is 12.1. The molecule has 2 heteroatoms. The highest BCUT2D eigenvalue weighted by Crippen LogP contribution is 2.23. The average molecular weight is 333 g/mol. The molecule has 1 atom stereocenters. The first-order chi connectivity index (χ1) is 9.69. The lowest BCUT2D eigenvalue weighted by atomic mass is 10.0. The number of hydrogen-bond acceptors (Lipinski definition) is 1. The van der Waals surface area contributed by atoms with Gasteiger partial charge in [0.05, 0.1) is 7.11 Å². The summed E-state index contributed by atoms with van der Waals surface area (Å²) in [6, 6.07) is 17.0. The van der Waals surface area contributed by atoms with Crippen LogP contribution in [0, 0.1) is 6.92 Å². The first kappa shape index (κ1) is 15.1. The molecule has 2 aromatic rings. The lowest BCUT2D eigenvalue weighted by Crippen LogP contribution is -2.05. The van der Waals surface area contributed by atoms with Gasteiger partial charge in [0.1, 0.15) is 5.75 Å². The highest BCUT2D eigenvalue weighted by Gasteiger charge is 2.09. The zero-order chi connectivity index (χ0) is 14.4. The van der Waals surface area contributed by atoms with Crippen LogP contribution in [-0.4, -0.2) is 11.9 Å². The minimum Gasteiger partial charge on any atom is -0.496 e. The SMILES string of the molecule is COc1ccccc1CC(Br)CCc1ccc(C)cc1. The highest BCUT2D eigenvalue weighted by molar-refractivity contribution is 9.09. The molecule has 0 radical (unpaired) electrons. The third kappa shape index (κ3) is 4.38. The Bertz CT molecular complexity index is 533. The van der Waals surface area contributed by atoms with Gasteiger partial charge in [-0.1, -0.05) is 64.0 Å². The van der Waals surface area contributed by atoms with Crippen LogP contribution in [0.4, 0.5) is 0 Å². The lowest BCUT2D eigenvalue weighted by Gasteiger charge is -2.13. The molecule has 0 aliphatic heterocycles. The van der Waals surface area contributed by atoms with Crippen molar-refractivity contribution in [3.8, 4) is 5.75 Å². The van der Waals surface area contributed by atoms with E-state index in [-0.39, 0.29) is 0 Å². The average Bonchev–Trinajstić information content (AvgIpc) is 2.47. The van der Waals surface area contributed by atoms with E-state index in [1.807, 2.05) is 12.1 Å². The fraction of sp³-hybridized carbons (Fsp3) is 0.333. The summed E-state index contributed by atoms with van der Waals surface area (Å²) in [7, 11) is 1.73. The molecule has 0 aromatic heterocycles. The predicted octanol–water partition coefficient (Wildman–Crippen LogP) is 4.94. The molecule has 0 aliphatic rings.